The zero-order valence-corrected chi connectivity index (χ0v) is 12.3. The molecule has 0 bridgehead atoms. The van der Waals surface area contributed by atoms with Crippen molar-refractivity contribution in [3.8, 4) is 0 Å². The largest absolute Gasteiger partial charge is 0.348 e. The van der Waals surface area contributed by atoms with Crippen molar-refractivity contribution in [3.63, 3.8) is 0 Å². The highest BCUT2D eigenvalue weighted by molar-refractivity contribution is 6.31. The third-order valence-electron chi connectivity index (χ3n) is 3.51. The summed E-state index contributed by atoms with van der Waals surface area (Å²) in [5, 5.41) is 5.60. The predicted octanol–water partition coefficient (Wildman–Crippen LogP) is 3.68. The fourth-order valence-corrected chi connectivity index (χ4v) is 2.58. The third kappa shape index (κ3) is 2.55. The molecule has 1 aromatic carbocycles. The van der Waals surface area contributed by atoms with Crippen molar-refractivity contribution < 1.29 is 0 Å². The molecule has 0 fully saturated rings. The summed E-state index contributed by atoms with van der Waals surface area (Å²) in [6, 6.07) is 6.69. The van der Waals surface area contributed by atoms with Gasteiger partial charge in [0.15, 0.2) is 0 Å². The molecular formula is C15H21ClN2. The molecule has 2 rings (SSSR count). The van der Waals surface area contributed by atoms with Crippen molar-refractivity contribution in [1.29, 1.82) is 0 Å². The van der Waals surface area contributed by atoms with Crippen LogP contribution in [0.15, 0.2) is 18.2 Å². The quantitative estimate of drug-likeness (QED) is 0.891. The smallest absolute Gasteiger partial charge is 0.0497 e. The second kappa shape index (κ2) is 5.33. The standard InChI is InChI=1S/C15H21ClN2/c1-10(2)17-8-7-13-11(3)18(4)15-9-12(16)5-6-14(13)15/h5-6,9-10,17H,7-8H2,1-4H3. The molecule has 2 nitrogen and oxygen atoms in total. The topological polar surface area (TPSA) is 17.0 Å². The lowest BCUT2D eigenvalue weighted by molar-refractivity contribution is 0.590. The average molecular weight is 265 g/mol. The van der Waals surface area contributed by atoms with E-state index in [9.17, 15) is 0 Å². The Morgan fingerprint density at radius 3 is 2.72 bits per heavy atom. The van der Waals surface area contributed by atoms with E-state index in [1.54, 1.807) is 0 Å². The number of hydrogen-bond donors (Lipinski definition) is 1. The number of rotatable bonds is 4. The van der Waals surface area contributed by atoms with Crippen LogP contribution in [-0.2, 0) is 13.5 Å². The predicted molar refractivity (Wildman–Crippen MR) is 79.5 cm³/mol. The normalized spacial score (nSPS) is 11.7. The fraction of sp³-hybridized carbons (Fsp3) is 0.467. The molecule has 0 aliphatic rings. The van der Waals surface area contributed by atoms with Crippen LogP contribution >= 0.6 is 11.6 Å². The van der Waals surface area contributed by atoms with Crippen molar-refractivity contribution in [1.82, 2.24) is 9.88 Å². The zero-order valence-electron chi connectivity index (χ0n) is 11.5. The van der Waals surface area contributed by atoms with Crippen LogP contribution in [0.25, 0.3) is 10.9 Å². The summed E-state index contributed by atoms with van der Waals surface area (Å²) in [4.78, 5) is 0. The molecular weight excluding hydrogens is 244 g/mol. The summed E-state index contributed by atoms with van der Waals surface area (Å²) < 4.78 is 2.23. The molecule has 18 heavy (non-hydrogen) atoms. The van der Waals surface area contributed by atoms with E-state index in [0.717, 1.165) is 18.0 Å². The maximum absolute atomic E-state index is 6.07. The van der Waals surface area contributed by atoms with E-state index in [4.69, 9.17) is 11.6 Å². The number of aromatic nitrogens is 1. The van der Waals surface area contributed by atoms with Crippen molar-refractivity contribution in [2.24, 2.45) is 7.05 Å². The van der Waals surface area contributed by atoms with E-state index in [1.807, 2.05) is 12.1 Å². The fourth-order valence-electron chi connectivity index (χ4n) is 2.42. The van der Waals surface area contributed by atoms with Gasteiger partial charge in [0.05, 0.1) is 0 Å². The summed E-state index contributed by atoms with van der Waals surface area (Å²) in [7, 11) is 2.10. The molecule has 0 aliphatic heterocycles. The second-order valence-electron chi connectivity index (χ2n) is 5.14. The Balaban J connectivity index is 2.35. The molecule has 0 spiro atoms. The minimum atomic E-state index is 0.537. The summed E-state index contributed by atoms with van der Waals surface area (Å²) >= 11 is 6.07. The van der Waals surface area contributed by atoms with Crippen LogP contribution in [0.5, 0.6) is 0 Å². The van der Waals surface area contributed by atoms with Gasteiger partial charge in [0.25, 0.3) is 0 Å². The third-order valence-corrected chi connectivity index (χ3v) is 3.75. The number of halogens is 1. The zero-order chi connectivity index (χ0) is 13.3. The number of nitrogens with zero attached hydrogens (tertiary/aromatic N) is 1. The lowest BCUT2D eigenvalue weighted by Gasteiger charge is -2.08. The van der Waals surface area contributed by atoms with Gasteiger partial charge in [-0.2, -0.15) is 0 Å². The van der Waals surface area contributed by atoms with Crippen LogP contribution < -0.4 is 5.32 Å². The molecule has 0 saturated heterocycles. The number of aryl methyl sites for hydroxylation is 1. The van der Waals surface area contributed by atoms with E-state index in [2.05, 4.69) is 43.8 Å². The van der Waals surface area contributed by atoms with Gasteiger partial charge >= 0.3 is 0 Å². The van der Waals surface area contributed by atoms with Crippen LogP contribution in [0.4, 0.5) is 0 Å². The molecule has 0 radical (unpaired) electrons. The molecule has 2 aromatic rings. The molecule has 0 saturated carbocycles. The van der Waals surface area contributed by atoms with Gasteiger partial charge in [-0.3, -0.25) is 0 Å². The number of fused-ring (bicyclic) bond motifs is 1. The van der Waals surface area contributed by atoms with E-state index in [-0.39, 0.29) is 0 Å². The highest BCUT2D eigenvalue weighted by Crippen LogP contribution is 2.27. The first-order valence-corrected chi connectivity index (χ1v) is 6.85. The SMILES string of the molecule is Cc1c(CCNC(C)C)c2ccc(Cl)cc2n1C. The first-order valence-electron chi connectivity index (χ1n) is 6.47. The summed E-state index contributed by atoms with van der Waals surface area (Å²) in [6.45, 7) is 7.55. The lowest BCUT2D eigenvalue weighted by atomic mass is 10.1. The van der Waals surface area contributed by atoms with Gasteiger partial charge in [0, 0.05) is 34.7 Å². The van der Waals surface area contributed by atoms with Gasteiger partial charge in [-0.1, -0.05) is 31.5 Å². The van der Waals surface area contributed by atoms with Crippen molar-refractivity contribution >= 4 is 22.5 Å². The van der Waals surface area contributed by atoms with Gasteiger partial charge in [-0.15, -0.1) is 0 Å². The van der Waals surface area contributed by atoms with E-state index in [0.29, 0.717) is 6.04 Å². The number of benzene rings is 1. The Hall–Kier alpha value is -0.990. The van der Waals surface area contributed by atoms with Gasteiger partial charge in [-0.25, -0.2) is 0 Å². The van der Waals surface area contributed by atoms with Crippen LogP contribution in [-0.4, -0.2) is 17.2 Å². The average Bonchev–Trinajstić information content (AvgIpc) is 2.54. The van der Waals surface area contributed by atoms with Gasteiger partial charge in [0.1, 0.15) is 0 Å². The monoisotopic (exact) mass is 264 g/mol. The molecule has 0 amide bonds. The molecule has 1 heterocycles. The minimum Gasteiger partial charge on any atom is -0.348 e. The Morgan fingerprint density at radius 1 is 1.33 bits per heavy atom. The molecule has 3 heteroatoms. The Labute approximate surface area is 114 Å². The first kappa shape index (κ1) is 13.4. The van der Waals surface area contributed by atoms with Crippen molar-refractivity contribution in [2.75, 3.05) is 6.54 Å². The van der Waals surface area contributed by atoms with Gasteiger partial charge < -0.3 is 9.88 Å². The van der Waals surface area contributed by atoms with Crippen molar-refractivity contribution in [2.45, 2.75) is 33.2 Å². The molecule has 0 atom stereocenters. The number of hydrogen-bond acceptors (Lipinski definition) is 1. The Bertz CT molecular complexity index is 555. The van der Waals surface area contributed by atoms with Crippen LogP contribution in [0, 0.1) is 6.92 Å². The van der Waals surface area contributed by atoms with Gasteiger partial charge in [0.2, 0.25) is 0 Å². The van der Waals surface area contributed by atoms with Crippen LogP contribution in [0.2, 0.25) is 5.02 Å². The maximum Gasteiger partial charge on any atom is 0.0497 e. The summed E-state index contributed by atoms with van der Waals surface area (Å²) in [6.07, 6.45) is 1.06. The molecule has 1 N–H and O–H groups in total. The highest BCUT2D eigenvalue weighted by Gasteiger charge is 2.11. The van der Waals surface area contributed by atoms with E-state index >= 15 is 0 Å². The van der Waals surface area contributed by atoms with Crippen molar-refractivity contribution in [3.05, 3.63) is 34.5 Å². The van der Waals surface area contributed by atoms with E-state index in [1.165, 1.54) is 22.2 Å². The van der Waals surface area contributed by atoms with Gasteiger partial charge in [-0.05, 0) is 37.6 Å². The molecule has 1 aromatic heterocycles. The molecule has 0 unspecified atom stereocenters. The Morgan fingerprint density at radius 2 is 2.06 bits per heavy atom. The van der Waals surface area contributed by atoms with Crippen LogP contribution in [0.1, 0.15) is 25.1 Å². The minimum absolute atomic E-state index is 0.537. The maximum atomic E-state index is 6.07. The lowest BCUT2D eigenvalue weighted by Crippen LogP contribution is -2.25. The summed E-state index contributed by atoms with van der Waals surface area (Å²) in [5.41, 5.74) is 3.98. The molecule has 0 aliphatic carbocycles. The van der Waals surface area contributed by atoms with Crippen LogP contribution in [0.3, 0.4) is 0 Å². The highest BCUT2D eigenvalue weighted by atomic mass is 35.5. The Kier molecular flexibility index (Phi) is 3.98. The second-order valence-corrected chi connectivity index (χ2v) is 5.58. The summed E-state index contributed by atoms with van der Waals surface area (Å²) in [5.74, 6) is 0. The van der Waals surface area contributed by atoms with E-state index < -0.39 is 0 Å². The number of nitrogens with one attached hydrogen (secondary N) is 1. The first-order chi connectivity index (χ1) is 8.50. The molecule has 98 valence electrons.